The zero-order valence-corrected chi connectivity index (χ0v) is 11.8. The Morgan fingerprint density at radius 3 is 2.53 bits per heavy atom. The Kier molecular flexibility index (Phi) is 2.68. The van der Waals surface area contributed by atoms with Crippen LogP contribution in [0.1, 0.15) is 39.2 Å². The molecule has 2 fully saturated rings. The summed E-state index contributed by atoms with van der Waals surface area (Å²) in [5.41, 5.74) is 1.53. The number of benzene rings is 1. The fourth-order valence-electron chi connectivity index (χ4n) is 3.23. The average Bonchev–Trinajstić information content (AvgIpc) is 2.65. The van der Waals surface area contributed by atoms with Gasteiger partial charge in [-0.3, -0.25) is 4.79 Å². The first-order chi connectivity index (χ1) is 8.93. The standard InChI is InChI=1S/C17H20O2/c1-16(2)15(18)11-14-10-13(17(16,3)19-14)9-12-7-5-4-6-8-12/h4-9,14H,10-11H2,1-3H3/b13-9+/t14-,17+/m1/s1. The van der Waals surface area contributed by atoms with Crippen LogP contribution in [-0.2, 0) is 9.53 Å². The summed E-state index contributed by atoms with van der Waals surface area (Å²) in [6.45, 7) is 6.09. The quantitative estimate of drug-likeness (QED) is 0.767. The lowest BCUT2D eigenvalue weighted by Gasteiger charge is -2.44. The summed E-state index contributed by atoms with van der Waals surface area (Å²) in [7, 11) is 0. The second kappa shape index (κ2) is 4.04. The number of ketones is 1. The minimum absolute atomic E-state index is 0.0699. The molecule has 2 nitrogen and oxygen atoms in total. The second-order valence-corrected chi connectivity index (χ2v) is 6.31. The van der Waals surface area contributed by atoms with Gasteiger partial charge in [-0.25, -0.2) is 0 Å². The molecule has 2 aliphatic heterocycles. The summed E-state index contributed by atoms with van der Waals surface area (Å²) >= 11 is 0. The maximum absolute atomic E-state index is 12.3. The van der Waals surface area contributed by atoms with Crippen LogP contribution in [-0.4, -0.2) is 17.5 Å². The zero-order chi connectivity index (χ0) is 13.7. The molecule has 0 aliphatic carbocycles. The predicted octanol–water partition coefficient (Wildman–Crippen LogP) is 3.62. The molecular formula is C17H20O2. The van der Waals surface area contributed by atoms with Gasteiger partial charge in [-0.2, -0.15) is 0 Å². The molecule has 0 spiro atoms. The molecule has 2 aliphatic rings. The van der Waals surface area contributed by atoms with Crippen LogP contribution in [0.5, 0.6) is 0 Å². The molecule has 0 aromatic heterocycles. The Morgan fingerprint density at radius 1 is 1.16 bits per heavy atom. The van der Waals surface area contributed by atoms with Gasteiger partial charge in [-0.1, -0.05) is 36.4 Å². The topological polar surface area (TPSA) is 26.3 Å². The Balaban J connectivity index is 2.05. The van der Waals surface area contributed by atoms with Gasteiger partial charge in [0.05, 0.1) is 17.1 Å². The van der Waals surface area contributed by atoms with Crippen molar-refractivity contribution < 1.29 is 9.53 Å². The van der Waals surface area contributed by atoms with Crippen LogP contribution in [0.2, 0.25) is 0 Å². The van der Waals surface area contributed by atoms with Crippen molar-refractivity contribution in [3.05, 3.63) is 41.5 Å². The molecule has 0 saturated carbocycles. The van der Waals surface area contributed by atoms with Crippen molar-refractivity contribution in [3.8, 4) is 0 Å². The molecule has 100 valence electrons. The predicted molar refractivity (Wildman–Crippen MR) is 75.7 cm³/mol. The largest absolute Gasteiger partial charge is 0.366 e. The molecule has 1 aromatic rings. The van der Waals surface area contributed by atoms with Crippen molar-refractivity contribution in [3.63, 3.8) is 0 Å². The van der Waals surface area contributed by atoms with Gasteiger partial charge in [0, 0.05) is 6.42 Å². The Labute approximate surface area is 114 Å². The third kappa shape index (κ3) is 1.78. The van der Waals surface area contributed by atoms with E-state index in [0.29, 0.717) is 12.2 Å². The SMILES string of the molecule is CC1(C)C(=O)C[C@H]2C/C(=C\c3ccccc3)[C@]1(C)O2. The van der Waals surface area contributed by atoms with Crippen molar-refractivity contribution in [2.75, 3.05) is 0 Å². The van der Waals surface area contributed by atoms with E-state index in [1.54, 1.807) is 0 Å². The van der Waals surface area contributed by atoms with Crippen molar-refractivity contribution >= 4 is 11.9 Å². The highest BCUT2D eigenvalue weighted by Gasteiger charge is 2.58. The molecule has 1 aromatic carbocycles. The number of carbonyl (C=O) groups is 1. The Hall–Kier alpha value is -1.41. The monoisotopic (exact) mass is 256 g/mol. The van der Waals surface area contributed by atoms with Crippen molar-refractivity contribution in [2.24, 2.45) is 5.41 Å². The molecule has 0 N–H and O–H groups in total. The Morgan fingerprint density at radius 2 is 1.84 bits per heavy atom. The summed E-state index contributed by atoms with van der Waals surface area (Å²) < 4.78 is 6.17. The minimum atomic E-state index is -0.456. The number of hydrogen-bond donors (Lipinski definition) is 0. The molecule has 3 rings (SSSR count). The van der Waals surface area contributed by atoms with Crippen LogP contribution in [0.3, 0.4) is 0 Å². The number of ether oxygens (including phenoxy) is 1. The van der Waals surface area contributed by atoms with E-state index in [2.05, 4.69) is 25.1 Å². The first-order valence-electron chi connectivity index (χ1n) is 6.91. The number of fused-ring (bicyclic) bond motifs is 2. The normalized spacial score (nSPS) is 34.8. The van der Waals surface area contributed by atoms with Gasteiger partial charge in [0.2, 0.25) is 0 Å². The zero-order valence-electron chi connectivity index (χ0n) is 11.8. The van der Waals surface area contributed by atoms with Gasteiger partial charge < -0.3 is 4.74 Å². The molecule has 0 amide bonds. The van der Waals surface area contributed by atoms with E-state index < -0.39 is 11.0 Å². The van der Waals surface area contributed by atoms with Crippen LogP contribution in [0.15, 0.2) is 35.9 Å². The molecule has 2 saturated heterocycles. The fourth-order valence-corrected chi connectivity index (χ4v) is 3.23. The van der Waals surface area contributed by atoms with Crippen LogP contribution < -0.4 is 0 Å². The molecule has 19 heavy (non-hydrogen) atoms. The first-order valence-corrected chi connectivity index (χ1v) is 6.91. The maximum atomic E-state index is 12.3. The van der Waals surface area contributed by atoms with Crippen LogP contribution in [0.4, 0.5) is 0 Å². The van der Waals surface area contributed by atoms with Crippen molar-refractivity contribution in [1.82, 2.24) is 0 Å². The molecule has 2 atom stereocenters. The highest BCUT2D eigenvalue weighted by Crippen LogP contribution is 2.53. The number of carbonyl (C=O) groups excluding carboxylic acids is 1. The van der Waals surface area contributed by atoms with Crippen molar-refractivity contribution in [1.29, 1.82) is 0 Å². The van der Waals surface area contributed by atoms with E-state index in [4.69, 9.17) is 4.74 Å². The highest BCUT2D eigenvalue weighted by atomic mass is 16.5. The summed E-state index contributed by atoms with van der Waals surface area (Å²) in [5, 5.41) is 0. The highest BCUT2D eigenvalue weighted by molar-refractivity contribution is 5.88. The average molecular weight is 256 g/mol. The van der Waals surface area contributed by atoms with Gasteiger partial charge in [0.25, 0.3) is 0 Å². The van der Waals surface area contributed by atoms with Gasteiger partial charge in [-0.15, -0.1) is 0 Å². The lowest BCUT2D eigenvalue weighted by Crippen LogP contribution is -2.52. The van der Waals surface area contributed by atoms with E-state index in [1.807, 2.05) is 32.0 Å². The summed E-state index contributed by atoms with van der Waals surface area (Å²) in [6, 6.07) is 10.3. The number of rotatable bonds is 1. The smallest absolute Gasteiger partial charge is 0.144 e. The summed E-state index contributed by atoms with van der Waals surface area (Å²) in [4.78, 5) is 12.3. The lowest BCUT2D eigenvalue weighted by atomic mass is 9.69. The lowest BCUT2D eigenvalue weighted by molar-refractivity contribution is -0.162. The van der Waals surface area contributed by atoms with E-state index in [0.717, 1.165) is 6.42 Å². The third-order valence-electron chi connectivity index (χ3n) is 4.91. The van der Waals surface area contributed by atoms with E-state index in [1.165, 1.54) is 11.1 Å². The van der Waals surface area contributed by atoms with Gasteiger partial charge in [-0.05, 0) is 38.3 Å². The summed E-state index contributed by atoms with van der Waals surface area (Å²) in [5.74, 6) is 0.322. The number of Topliss-reactive ketones (excluding diaryl/α,β-unsaturated/α-hetero) is 1. The van der Waals surface area contributed by atoms with Crippen LogP contribution in [0.25, 0.3) is 6.08 Å². The van der Waals surface area contributed by atoms with Gasteiger partial charge in [0.1, 0.15) is 5.78 Å². The molecule has 2 heteroatoms. The van der Waals surface area contributed by atoms with E-state index >= 15 is 0 Å². The number of hydrogen-bond acceptors (Lipinski definition) is 2. The third-order valence-corrected chi connectivity index (χ3v) is 4.91. The molecular weight excluding hydrogens is 236 g/mol. The Bertz CT molecular complexity index is 542. The molecule has 2 bridgehead atoms. The maximum Gasteiger partial charge on any atom is 0.144 e. The molecule has 2 heterocycles. The molecule has 0 radical (unpaired) electrons. The first kappa shape index (κ1) is 12.6. The summed E-state index contributed by atoms with van der Waals surface area (Å²) in [6.07, 6.45) is 3.69. The van der Waals surface area contributed by atoms with Crippen molar-refractivity contribution in [2.45, 2.75) is 45.3 Å². The minimum Gasteiger partial charge on any atom is -0.366 e. The van der Waals surface area contributed by atoms with Crippen LogP contribution in [0, 0.1) is 5.41 Å². The fraction of sp³-hybridized carbons (Fsp3) is 0.471. The van der Waals surface area contributed by atoms with E-state index in [9.17, 15) is 4.79 Å². The van der Waals surface area contributed by atoms with E-state index in [-0.39, 0.29) is 6.10 Å². The second-order valence-electron chi connectivity index (χ2n) is 6.31. The molecule has 0 unspecified atom stereocenters. The van der Waals surface area contributed by atoms with Crippen LogP contribution >= 0.6 is 0 Å². The van der Waals surface area contributed by atoms with Gasteiger partial charge >= 0.3 is 0 Å². The van der Waals surface area contributed by atoms with Gasteiger partial charge in [0.15, 0.2) is 0 Å².